The maximum absolute atomic E-state index is 6.33. The lowest BCUT2D eigenvalue weighted by Crippen LogP contribution is -2.23. The molecule has 0 saturated heterocycles. The van der Waals surface area contributed by atoms with Crippen LogP contribution < -0.4 is 4.90 Å². The van der Waals surface area contributed by atoms with E-state index < -0.39 is 0 Å². The molecule has 8 nitrogen and oxygen atoms in total. The van der Waals surface area contributed by atoms with Crippen LogP contribution >= 0.6 is 11.6 Å². The van der Waals surface area contributed by atoms with Gasteiger partial charge in [0.25, 0.3) is 11.9 Å². The van der Waals surface area contributed by atoms with Gasteiger partial charge in [-0.3, -0.25) is 0 Å². The predicted octanol–water partition coefficient (Wildman–Crippen LogP) is 4.90. The number of aromatic nitrogens is 7. The zero-order valence-corrected chi connectivity index (χ0v) is 21.2. The summed E-state index contributed by atoms with van der Waals surface area (Å²) in [5.41, 5.74) is 6.76. The molecule has 1 aliphatic heterocycles. The maximum Gasteiger partial charge on any atom is 0.256 e. The summed E-state index contributed by atoms with van der Waals surface area (Å²) in [7, 11) is 2.05. The Morgan fingerprint density at radius 2 is 1.38 bits per heavy atom. The highest BCUT2D eigenvalue weighted by Gasteiger charge is 2.39. The summed E-state index contributed by atoms with van der Waals surface area (Å²) in [6, 6.07) is 10.00. The van der Waals surface area contributed by atoms with E-state index in [0.717, 1.165) is 39.2 Å². The number of likely N-dealkylation sites (N-methyl/N-ethyl adjacent to an activating group) is 1. The van der Waals surface area contributed by atoms with Crippen molar-refractivity contribution < 1.29 is 0 Å². The number of allylic oxidation sites excluding steroid dienone is 1. The van der Waals surface area contributed by atoms with Gasteiger partial charge in [0.2, 0.25) is 0 Å². The molecule has 0 fully saturated rings. The van der Waals surface area contributed by atoms with Gasteiger partial charge in [0, 0.05) is 46.3 Å². The third-order valence-corrected chi connectivity index (χ3v) is 6.52. The summed E-state index contributed by atoms with van der Waals surface area (Å²) in [5.74, 6) is 1.44. The van der Waals surface area contributed by atoms with E-state index in [9.17, 15) is 0 Å². The van der Waals surface area contributed by atoms with E-state index in [2.05, 4.69) is 42.1 Å². The molecule has 1 aromatic carbocycles. The number of halogens is 1. The molecule has 9 heteroatoms. The fourth-order valence-corrected chi connectivity index (χ4v) is 4.85. The van der Waals surface area contributed by atoms with Crippen LogP contribution in [-0.2, 0) is 5.41 Å². The van der Waals surface area contributed by atoms with Gasteiger partial charge in [-0.05, 0) is 63.6 Å². The first kappa shape index (κ1) is 22.3. The summed E-state index contributed by atoms with van der Waals surface area (Å²) >= 11 is 6.33. The van der Waals surface area contributed by atoms with Gasteiger partial charge in [-0.25, -0.2) is 9.36 Å². The number of nitrogens with zero attached hydrogens (tertiary/aromatic N) is 8. The Balaban J connectivity index is 1.71. The van der Waals surface area contributed by atoms with Crippen LogP contribution in [0.5, 0.6) is 0 Å². The van der Waals surface area contributed by atoms with Crippen molar-refractivity contribution in [1.82, 2.24) is 34.5 Å². The lowest BCUT2D eigenvalue weighted by atomic mass is 9.84. The average Bonchev–Trinajstić information content (AvgIpc) is 3.35. The molecule has 34 heavy (non-hydrogen) atoms. The average molecular weight is 475 g/mol. The quantitative estimate of drug-likeness (QED) is 0.420. The number of aryl methyl sites for hydroxylation is 4. The van der Waals surface area contributed by atoms with Crippen molar-refractivity contribution in [1.29, 1.82) is 0 Å². The standard InChI is InChI=1S/C25H27ClN8/c1-14-10-16(3)33(30-14)23-27-22(28-24(29-23)34-17(4)11-15(2)31-34)13-21-25(5,6)19-12-18(26)8-9-20(19)32(21)7/h8-13H,1-7H3/b21-13-. The Morgan fingerprint density at radius 1 is 0.824 bits per heavy atom. The van der Waals surface area contributed by atoms with Crippen molar-refractivity contribution in [2.45, 2.75) is 47.0 Å². The minimum absolute atomic E-state index is 0.279. The van der Waals surface area contributed by atoms with Crippen LogP contribution in [0.1, 0.15) is 48.0 Å². The second-order valence-electron chi connectivity index (χ2n) is 9.35. The number of hydrogen-bond acceptors (Lipinski definition) is 6. The van der Waals surface area contributed by atoms with E-state index >= 15 is 0 Å². The number of rotatable bonds is 3. The largest absolute Gasteiger partial charge is 0.347 e. The highest BCUT2D eigenvalue weighted by Crippen LogP contribution is 2.48. The van der Waals surface area contributed by atoms with E-state index in [-0.39, 0.29) is 5.41 Å². The van der Waals surface area contributed by atoms with Gasteiger partial charge in [0.05, 0.1) is 11.4 Å². The van der Waals surface area contributed by atoms with Gasteiger partial charge in [-0.1, -0.05) is 25.4 Å². The molecule has 0 radical (unpaired) electrons. The molecule has 0 aliphatic carbocycles. The van der Waals surface area contributed by atoms with Gasteiger partial charge in [-0.15, -0.1) is 0 Å². The molecule has 0 atom stereocenters. The second-order valence-corrected chi connectivity index (χ2v) is 9.78. The minimum Gasteiger partial charge on any atom is -0.347 e. The fourth-order valence-electron chi connectivity index (χ4n) is 4.67. The van der Waals surface area contributed by atoms with Crippen molar-refractivity contribution in [2.75, 3.05) is 11.9 Å². The first-order valence-electron chi connectivity index (χ1n) is 11.1. The molecule has 4 heterocycles. The number of hydrogen-bond donors (Lipinski definition) is 0. The number of benzene rings is 1. The first-order valence-corrected chi connectivity index (χ1v) is 11.5. The van der Waals surface area contributed by atoms with Crippen molar-refractivity contribution in [3.63, 3.8) is 0 Å². The zero-order chi connectivity index (χ0) is 24.4. The lowest BCUT2D eigenvalue weighted by Gasteiger charge is -2.24. The van der Waals surface area contributed by atoms with Crippen LogP contribution in [0, 0.1) is 27.7 Å². The Labute approximate surface area is 203 Å². The monoisotopic (exact) mass is 474 g/mol. The van der Waals surface area contributed by atoms with Crippen LogP contribution in [0.2, 0.25) is 5.02 Å². The van der Waals surface area contributed by atoms with Gasteiger partial charge in [0.15, 0.2) is 5.82 Å². The lowest BCUT2D eigenvalue weighted by molar-refractivity contribution is 0.643. The van der Waals surface area contributed by atoms with Crippen LogP contribution in [-0.4, -0.2) is 41.6 Å². The van der Waals surface area contributed by atoms with Gasteiger partial charge < -0.3 is 4.90 Å². The summed E-state index contributed by atoms with van der Waals surface area (Å²) in [6.45, 7) is 12.2. The zero-order valence-electron chi connectivity index (χ0n) is 20.4. The second kappa shape index (κ2) is 7.77. The minimum atomic E-state index is -0.279. The molecular formula is C25H27ClN8. The Hall–Kier alpha value is -3.52. The van der Waals surface area contributed by atoms with E-state index in [0.29, 0.717) is 17.7 Å². The van der Waals surface area contributed by atoms with E-state index in [4.69, 9.17) is 26.6 Å². The molecule has 0 saturated carbocycles. The highest BCUT2D eigenvalue weighted by molar-refractivity contribution is 6.30. The molecule has 0 bridgehead atoms. The third kappa shape index (κ3) is 3.58. The van der Waals surface area contributed by atoms with E-state index in [1.54, 1.807) is 9.36 Å². The smallest absolute Gasteiger partial charge is 0.256 e. The first-order chi connectivity index (χ1) is 16.0. The summed E-state index contributed by atoms with van der Waals surface area (Å²) in [5, 5.41) is 9.90. The van der Waals surface area contributed by atoms with E-state index in [1.165, 1.54) is 5.56 Å². The molecule has 1 aliphatic rings. The normalized spacial score (nSPS) is 15.9. The SMILES string of the molecule is Cc1cc(C)n(-c2nc(/C=C3\N(C)c4ccc(Cl)cc4C3(C)C)nc(-n3nc(C)cc3C)n2)n1. The topological polar surface area (TPSA) is 77.5 Å². The molecule has 5 rings (SSSR count). The molecule has 0 N–H and O–H groups in total. The van der Waals surface area contributed by atoms with Crippen molar-refractivity contribution in [3.8, 4) is 11.9 Å². The Bertz CT molecular complexity index is 1400. The van der Waals surface area contributed by atoms with Gasteiger partial charge in [0.1, 0.15) is 0 Å². The Morgan fingerprint density at radius 3 is 1.88 bits per heavy atom. The summed E-state index contributed by atoms with van der Waals surface area (Å²) in [4.78, 5) is 16.5. The predicted molar refractivity (Wildman–Crippen MR) is 134 cm³/mol. The van der Waals surface area contributed by atoms with Crippen molar-refractivity contribution >= 4 is 23.4 Å². The van der Waals surface area contributed by atoms with Crippen LogP contribution in [0.25, 0.3) is 18.0 Å². The van der Waals surface area contributed by atoms with E-state index in [1.807, 2.05) is 58.0 Å². The molecule has 0 spiro atoms. The van der Waals surface area contributed by atoms with Crippen molar-refractivity contribution in [2.24, 2.45) is 0 Å². The summed E-state index contributed by atoms with van der Waals surface area (Å²) < 4.78 is 3.48. The third-order valence-electron chi connectivity index (χ3n) is 6.29. The molecule has 0 amide bonds. The van der Waals surface area contributed by atoms with Crippen LogP contribution in [0.4, 0.5) is 5.69 Å². The molecule has 174 valence electrons. The molecular weight excluding hydrogens is 448 g/mol. The van der Waals surface area contributed by atoms with Crippen molar-refractivity contribution in [3.05, 3.63) is 75.2 Å². The van der Waals surface area contributed by atoms with Gasteiger partial charge in [-0.2, -0.15) is 25.1 Å². The maximum atomic E-state index is 6.33. The number of anilines is 1. The van der Waals surface area contributed by atoms with Crippen LogP contribution in [0.3, 0.4) is 0 Å². The van der Waals surface area contributed by atoms with Gasteiger partial charge >= 0.3 is 0 Å². The highest BCUT2D eigenvalue weighted by atomic mass is 35.5. The molecule has 4 aromatic rings. The fraction of sp³-hybridized carbons (Fsp3) is 0.320. The molecule has 0 unspecified atom stereocenters. The van der Waals surface area contributed by atoms with Crippen LogP contribution in [0.15, 0.2) is 36.0 Å². The Kier molecular flexibility index (Phi) is 5.09. The summed E-state index contributed by atoms with van der Waals surface area (Å²) in [6.07, 6.45) is 2.01. The number of fused-ring (bicyclic) bond motifs is 1. The molecule has 3 aromatic heterocycles.